The second-order valence-electron chi connectivity index (χ2n) is 3.17. The van der Waals surface area contributed by atoms with Gasteiger partial charge in [0, 0.05) is 17.3 Å². The molecule has 0 unspecified atom stereocenters. The van der Waals surface area contributed by atoms with Crippen LogP contribution in [0.15, 0.2) is 30.5 Å². The molecule has 0 aliphatic carbocycles. The van der Waals surface area contributed by atoms with Crippen LogP contribution in [0.4, 0.5) is 4.39 Å². The van der Waals surface area contributed by atoms with Gasteiger partial charge >= 0.3 is 5.97 Å². The first-order valence-electron chi connectivity index (χ1n) is 4.46. The molecule has 0 aliphatic heterocycles. The number of hydrogen-bond acceptors (Lipinski definition) is 1. The van der Waals surface area contributed by atoms with Gasteiger partial charge in [0.05, 0.1) is 5.02 Å². The normalized spacial score (nSPS) is 10.4. The fraction of sp³-hybridized carbons (Fsp3) is 0. The Labute approximate surface area is 95.5 Å². The first kappa shape index (κ1) is 10.7. The smallest absolute Gasteiger partial charge is 0.352 e. The van der Waals surface area contributed by atoms with E-state index >= 15 is 0 Å². The van der Waals surface area contributed by atoms with Crippen molar-refractivity contribution in [2.75, 3.05) is 0 Å². The number of carboxylic acid groups (broad SMARTS) is 1. The van der Waals surface area contributed by atoms with Gasteiger partial charge in [0.1, 0.15) is 11.5 Å². The minimum atomic E-state index is -1.15. The summed E-state index contributed by atoms with van der Waals surface area (Å²) in [5, 5.41) is 9.08. The lowest BCUT2D eigenvalue weighted by Crippen LogP contribution is -1.99. The molecule has 1 aromatic carbocycles. The number of halogens is 2. The van der Waals surface area contributed by atoms with Crippen LogP contribution in [0.3, 0.4) is 0 Å². The highest BCUT2D eigenvalue weighted by Gasteiger charge is 2.18. The minimum absolute atomic E-state index is 0.0769. The number of aromatic nitrogens is 1. The van der Waals surface area contributed by atoms with E-state index in [1.807, 2.05) is 0 Å². The molecule has 5 heteroatoms. The molecule has 2 aromatic rings. The number of rotatable bonds is 2. The van der Waals surface area contributed by atoms with Gasteiger partial charge in [-0.1, -0.05) is 17.7 Å². The van der Waals surface area contributed by atoms with Gasteiger partial charge in [-0.15, -0.1) is 0 Å². The zero-order chi connectivity index (χ0) is 11.7. The second-order valence-corrected chi connectivity index (χ2v) is 3.58. The van der Waals surface area contributed by atoms with Crippen LogP contribution < -0.4 is 0 Å². The molecule has 2 rings (SSSR count). The molecule has 82 valence electrons. The Morgan fingerprint density at radius 3 is 2.75 bits per heavy atom. The molecule has 0 radical (unpaired) electrons. The highest BCUT2D eigenvalue weighted by molar-refractivity contribution is 6.33. The summed E-state index contributed by atoms with van der Waals surface area (Å²) in [4.78, 5) is 13.4. The number of aromatic carboxylic acids is 1. The average Bonchev–Trinajstić information content (AvgIpc) is 2.66. The summed E-state index contributed by atoms with van der Waals surface area (Å²) in [6.45, 7) is 0. The molecule has 1 heterocycles. The maximum atomic E-state index is 13.6. The quantitative estimate of drug-likeness (QED) is 0.846. The third kappa shape index (κ3) is 1.67. The topological polar surface area (TPSA) is 53.1 Å². The van der Waals surface area contributed by atoms with Gasteiger partial charge in [-0.3, -0.25) is 0 Å². The minimum Gasteiger partial charge on any atom is -0.477 e. The number of carboxylic acids is 1. The van der Waals surface area contributed by atoms with Crippen molar-refractivity contribution < 1.29 is 14.3 Å². The van der Waals surface area contributed by atoms with Gasteiger partial charge in [-0.25, -0.2) is 9.18 Å². The molecule has 0 saturated heterocycles. The molecule has 3 nitrogen and oxygen atoms in total. The SMILES string of the molecule is O=C(O)c1[nH]ccc1-c1c(F)cccc1Cl. The fourth-order valence-corrected chi connectivity index (χ4v) is 1.77. The van der Waals surface area contributed by atoms with E-state index in [1.54, 1.807) is 0 Å². The average molecular weight is 240 g/mol. The lowest BCUT2D eigenvalue weighted by Gasteiger charge is -2.04. The van der Waals surface area contributed by atoms with Crippen LogP contribution in [0, 0.1) is 5.82 Å². The van der Waals surface area contributed by atoms with Crippen molar-refractivity contribution in [2.24, 2.45) is 0 Å². The molecular formula is C11H7ClFNO2. The van der Waals surface area contributed by atoms with Crippen LogP contribution in [0.1, 0.15) is 10.5 Å². The van der Waals surface area contributed by atoms with E-state index in [4.69, 9.17) is 16.7 Å². The van der Waals surface area contributed by atoms with Crippen LogP contribution in [0.2, 0.25) is 5.02 Å². The van der Waals surface area contributed by atoms with Gasteiger partial charge in [0.2, 0.25) is 0 Å². The molecule has 0 bridgehead atoms. The Hall–Kier alpha value is -1.81. The van der Waals surface area contributed by atoms with E-state index < -0.39 is 11.8 Å². The van der Waals surface area contributed by atoms with Crippen molar-refractivity contribution in [1.29, 1.82) is 0 Å². The molecule has 16 heavy (non-hydrogen) atoms. The maximum Gasteiger partial charge on any atom is 0.352 e. The number of nitrogens with one attached hydrogen (secondary N) is 1. The molecule has 0 spiro atoms. The molecule has 0 fully saturated rings. The fourth-order valence-electron chi connectivity index (χ4n) is 1.51. The first-order valence-corrected chi connectivity index (χ1v) is 4.84. The summed E-state index contributed by atoms with van der Waals surface area (Å²) in [5.74, 6) is -1.70. The second kappa shape index (κ2) is 3.98. The molecule has 0 aliphatic rings. The van der Waals surface area contributed by atoms with Gasteiger partial charge < -0.3 is 10.1 Å². The van der Waals surface area contributed by atoms with Gasteiger partial charge in [0.15, 0.2) is 0 Å². The summed E-state index contributed by atoms with van der Waals surface area (Å²) < 4.78 is 13.6. The largest absolute Gasteiger partial charge is 0.477 e. The van der Waals surface area contributed by atoms with E-state index in [9.17, 15) is 9.18 Å². The van der Waals surface area contributed by atoms with Crippen molar-refractivity contribution in [1.82, 2.24) is 4.98 Å². The zero-order valence-corrected chi connectivity index (χ0v) is 8.75. The van der Waals surface area contributed by atoms with E-state index in [-0.39, 0.29) is 21.8 Å². The number of benzene rings is 1. The molecule has 2 N–H and O–H groups in total. The summed E-state index contributed by atoms with van der Waals surface area (Å²) in [7, 11) is 0. The summed E-state index contributed by atoms with van der Waals surface area (Å²) in [5.41, 5.74) is 0.269. The van der Waals surface area contributed by atoms with Crippen molar-refractivity contribution in [3.63, 3.8) is 0 Å². The van der Waals surface area contributed by atoms with Crippen LogP contribution in [-0.2, 0) is 0 Å². The van der Waals surface area contributed by atoms with Crippen molar-refractivity contribution in [3.05, 3.63) is 47.0 Å². The molecule has 0 saturated carbocycles. The Morgan fingerprint density at radius 2 is 2.12 bits per heavy atom. The third-order valence-corrected chi connectivity index (χ3v) is 2.51. The lowest BCUT2D eigenvalue weighted by atomic mass is 10.1. The Morgan fingerprint density at radius 1 is 1.38 bits per heavy atom. The molecular weight excluding hydrogens is 233 g/mol. The third-order valence-electron chi connectivity index (χ3n) is 2.19. The number of aromatic amines is 1. The van der Waals surface area contributed by atoms with Crippen LogP contribution >= 0.6 is 11.6 Å². The van der Waals surface area contributed by atoms with E-state index in [0.29, 0.717) is 0 Å². The van der Waals surface area contributed by atoms with Crippen LogP contribution in [-0.4, -0.2) is 16.1 Å². The summed E-state index contributed by atoms with van der Waals surface area (Å²) >= 11 is 5.85. The Balaban J connectivity index is 2.68. The Kier molecular flexibility index (Phi) is 2.66. The highest BCUT2D eigenvalue weighted by atomic mass is 35.5. The van der Waals surface area contributed by atoms with Crippen LogP contribution in [0.5, 0.6) is 0 Å². The van der Waals surface area contributed by atoms with Gasteiger partial charge in [-0.2, -0.15) is 0 Å². The molecule has 1 aromatic heterocycles. The van der Waals surface area contributed by atoms with E-state index in [1.165, 1.54) is 30.5 Å². The van der Waals surface area contributed by atoms with Crippen molar-refractivity contribution >= 4 is 17.6 Å². The number of hydrogen-bond donors (Lipinski definition) is 2. The number of carbonyl (C=O) groups is 1. The first-order chi connectivity index (χ1) is 7.61. The summed E-state index contributed by atoms with van der Waals surface area (Å²) in [6, 6.07) is 5.69. The summed E-state index contributed by atoms with van der Waals surface area (Å²) in [6.07, 6.45) is 1.43. The molecule has 0 atom stereocenters. The zero-order valence-electron chi connectivity index (χ0n) is 8.00. The Bertz CT molecular complexity index is 530. The van der Waals surface area contributed by atoms with Crippen LogP contribution in [0.25, 0.3) is 11.1 Å². The van der Waals surface area contributed by atoms with Gasteiger partial charge in [-0.05, 0) is 18.2 Å². The predicted octanol–water partition coefficient (Wildman–Crippen LogP) is 3.17. The predicted molar refractivity (Wildman–Crippen MR) is 58.2 cm³/mol. The standard InChI is InChI=1S/C11H7ClFNO2/c12-7-2-1-3-8(13)9(7)6-4-5-14-10(6)11(15)16/h1-5,14H,(H,15,16). The maximum absolute atomic E-state index is 13.6. The number of H-pyrrole nitrogens is 1. The molecule has 0 amide bonds. The van der Waals surface area contributed by atoms with Crippen molar-refractivity contribution in [2.45, 2.75) is 0 Å². The van der Waals surface area contributed by atoms with Crippen molar-refractivity contribution in [3.8, 4) is 11.1 Å². The lowest BCUT2D eigenvalue weighted by molar-refractivity contribution is 0.0692. The monoisotopic (exact) mass is 239 g/mol. The van der Waals surface area contributed by atoms with E-state index in [2.05, 4.69) is 4.98 Å². The van der Waals surface area contributed by atoms with E-state index in [0.717, 1.165) is 0 Å². The van der Waals surface area contributed by atoms with Gasteiger partial charge in [0.25, 0.3) is 0 Å². The highest BCUT2D eigenvalue weighted by Crippen LogP contribution is 2.32.